The average molecular weight is 588 g/mol. The van der Waals surface area contributed by atoms with Gasteiger partial charge in [-0.05, 0) is 63.1 Å². The van der Waals surface area contributed by atoms with E-state index < -0.39 is 0 Å². The first-order valence-corrected chi connectivity index (χ1v) is 15.3. The molecule has 1 saturated heterocycles. The largest absolute Gasteiger partial charge is 0.339 e. The van der Waals surface area contributed by atoms with Crippen LogP contribution < -0.4 is 0 Å². The van der Waals surface area contributed by atoms with Gasteiger partial charge in [0.2, 0.25) is 5.91 Å². The van der Waals surface area contributed by atoms with Gasteiger partial charge >= 0.3 is 0 Å². The molecule has 1 aromatic heterocycles. The zero-order valence-corrected chi connectivity index (χ0v) is 24.9. The molecule has 5 rings (SSSR count). The Bertz CT molecular complexity index is 1470. The second-order valence-corrected chi connectivity index (χ2v) is 11.8. The minimum atomic E-state index is -0.0430. The third kappa shape index (κ3) is 7.00. The quantitative estimate of drug-likeness (QED) is 0.164. The van der Waals surface area contributed by atoms with Crippen LogP contribution in [0.4, 0.5) is 0 Å². The highest BCUT2D eigenvalue weighted by Crippen LogP contribution is 2.29. The molecule has 0 aliphatic carbocycles. The molecule has 9 heteroatoms. The second kappa shape index (κ2) is 13.4. The molecule has 0 bridgehead atoms. The fourth-order valence-corrected chi connectivity index (χ4v) is 6.08. The second-order valence-electron chi connectivity index (χ2n) is 10.3. The maximum atomic E-state index is 13.0. The van der Waals surface area contributed by atoms with Crippen LogP contribution in [0.3, 0.4) is 0 Å². The molecule has 2 amide bonds. The van der Waals surface area contributed by atoms with Gasteiger partial charge in [-0.2, -0.15) is 0 Å². The third-order valence-electron chi connectivity index (χ3n) is 7.31. The third-order valence-corrected chi connectivity index (χ3v) is 8.57. The smallest absolute Gasteiger partial charge is 0.254 e. The summed E-state index contributed by atoms with van der Waals surface area (Å²) in [5.74, 6) is 1.78. The number of piperazine rings is 1. The van der Waals surface area contributed by atoms with Gasteiger partial charge in [-0.1, -0.05) is 71.4 Å². The molecule has 2 heterocycles. The van der Waals surface area contributed by atoms with E-state index in [2.05, 4.69) is 58.1 Å². The number of para-hydroxylation sites is 1. The van der Waals surface area contributed by atoms with Crippen LogP contribution in [-0.4, -0.2) is 67.8 Å². The number of hydrogen-bond donors (Lipinski definition) is 0. The Labute approximate surface area is 250 Å². The monoisotopic (exact) mass is 587 g/mol. The molecule has 1 fully saturated rings. The summed E-state index contributed by atoms with van der Waals surface area (Å²) in [5, 5.41) is 10.5. The number of carbonyl (C=O) groups is 2. The number of aryl methyl sites for hydroxylation is 1. The summed E-state index contributed by atoms with van der Waals surface area (Å²) in [7, 11) is 0. The summed E-state index contributed by atoms with van der Waals surface area (Å²) >= 11 is 7.62. The first kappa shape index (κ1) is 28.9. The fraction of sp³-hybridized carbons (Fsp3) is 0.312. The van der Waals surface area contributed by atoms with Crippen LogP contribution in [0.15, 0.2) is 84.0 Å². The van der Waals surface area contributed by atoms with Crippen LogP contribution in [0.25, 0.3) is 17.1 Å². The van der Waals surface area contributed by atoms with E-state index in [1.165, 1.54) is 5.56 Å². The van der Waals surface area contributed by atoms with E-state index in [4.69, 9.17) is 11.6 Å². The van der Waals surface area contributed by atoms with Crippen LogP contribution in [0.1, 0.15) is 42.1 Å². The molecule has 41 heavy (non-hydrogen) atoms. The fourth-order valence-electron chi connectivity index (χ4n) is 5.01. The molecule has 1 aliphatic heterocycles. The molecule has 7 nitrogen and oxygen atoms in total. The van der Waals surface area contributed by atoms with Crippen molar-refractivity contribution in [2.45, 2.75) is 44.3 Å². The molecule has 0 N–H and O–H groups in total. The molecule has 0 saturated carbocycles. The highest BCUT2D eigenvalue weighted by molar-refractivity contribution is 7.99. The minimum absolute atomic E-state index is 0.0211. The van der Waals surface area contributed by atoms with Crippen LogP contribution in [0.2, 0.25) is 5.02 Å². The summed E-state index contributed by atoms with van der Waals surface area (Å²) in [6, 6.07) is 25.4. The summed E-state index contributed by atoms with van der Waals surface area (Å²) in [4.78, 5) is 29.6. The topological polar surface area (TPSA) is 71.3 Å². The number of halogens is 1. The van der Waals surface area contributed by atoms with Gasteiger partial charge in [-0.3, -0.25) is 14.2 Å². The number of carbonyl (C=O) groups excluding carboxylic acids is 2. The van der Waals surface area contributed by atoms with E-state index in [0.29, 0.717) is 36.6 Å². The van der Waals surface area contributed by atoms with E-state index in [1.807, 2.05) is 34.9 Å². The summed E-state index contributed by atoms with van der Waals surface area (Å²) in [5.41, 5.74) is 3.86. The number of benzene rings is 3. The number of rotatable bonds is 9. The number of amides is 2. The first-order chi connectivity index (χ1) is 19.9. The van der Waals surface area contributed by atoms with Crippen molar-refractivity contribution >= 4 is 35.2 Å². The molecule has 3 aromatic carbocycles. The minimum Gasteiger partial charge on any atom is -0.339 e. The number of thioether (sulfide) groups is 1. The van der Waals surface area contributed by atoms with Gasteiger partial charge in [-0.25, -0.2) is 0 Å². The van der Waals surface area contributed by atoms with Crippen LogP contribution in [-0.2, 0) is 4.79 Å². The Morgan fingerprint density at radius 1 is 0.927 bits per heavy atom. The van der Waals surface area contributed by atoms with Crippen molar-refractivity contribution in [3.8, 4) is 17.1 Å². The van der Waals surface area contributed by atoms with Crippen LogP contribution >= 0.6 is 23.4 Å². The van der Waals surface area contributed by atoms with Gasteiger partial charge < -0.3 is 9.80 Å². The summed E-state index contributed by atoms with van der Waals surface area (Å²) in [6.45, 7) is 5.70. The van der Waals surface area contributed by atoms with Crippen molar-refractivity contribution < 1.29 is 9.59 Å². The lowest BCUT2D eigenvalue weighted by atomic mass is 10.1. The van der Waals surface area contributed by atoms with Crippen molar-refractivity contribution in [1.82, 2.24) is 24.6 Å². The van der Waals surface area contributed by atoms with E-state index >= 15 is 0 Å². The standard InChI is InChI=1S/C32H34ClN5O2S/c1-23-11-13-25(14-12-23)30-34-35-32(38(30)28-8-4-3-5-9-28)41-21-7-6-10-29(39)36-19-20-37(24(2)22-36)31(40)26-15-17-27(33)18-16-26/h3-5,8-9,11-18,24H,6-7,10,19-22H2,1-2H3. The van der Waals surface area contributed by atoms with Gasteiger partial charge in [0.15, 0.2) is 11.0 Å². The molecule has 1 atom stereocenters. The molecule has 4 aromatic rings. The highest BCUT2D eigenvalue weighted by Gasteiger charge is 2.30. The van der Waals surface area contributed by atoms with Crippen molar-refractivity contribution in [1.29, 1.82) is 0 Å². The van der Waals surface area contributed by atoms with Gasteiger partial charge in [-0.15, -0.1) is 10.2 Å². The normalized spacial score (nSPS) is 15.2. The van der Waals surface area contributed by atoms with Crippen LogP contribution in [0.5, 0.6) is 0 Å². The zero-order chi connectivity index (χ0) is 28.8. The lowest BCUT2D eigenvalue weighted by Gasteiger charge is -2.40. The predicted octanol–water partition coefficient (Wildman–Crippen LogP) is 6.53. The molecule has 212 valence electrons. The van der Waals surface area contributed by atoms with Gasteiger partial charge in [0.05, 0.1) is 0 Å². The van der Waals surface area contributed by atoms with E-state index in [1.54, 1.807) is 36.0 Å². The first-order valence-electron chi connectivity index (χ1n) is 14.0. The Kier molecular flexibility index (Phi) is 9.42. The van der Waals surface area contributed by atoms with Crippen LogP contribution in [0, 0.1) is 6.92 Å². The average Bonchev–Trinajstić information content (AvgIpc) is 3.41. The van der Waals surface area contributed by atoms with Gasteiger partial charge in [0, 0.05) is 59.7 Å². The Morgan fingerprint density at radius 3 is 2.37 bits per heavy atom. The zero-order valence-electron chi connectivity index (χ0n) is 23.4. The number of nitrogens with zero attached hydrogens (tertiary/aromatic N) is 5. The Morgan fingerprint density at radius 2 is 1.66 bits per heavy atom. The molecule has 1 unspecified atom stereocenters. The van der Waals surface area contributed by atoms with Crippen molar-refractivity contribution in [2.75, 3.05) is 25.4 Å². The SMILES string of the molecule is Cc1ccc(-c2nnc(SCCCCC(=O)N3CCN(C(=O)c4ccc(Cl)cc4)C(C)C3)n2-c2ccccc2)cc1. The number of aromatic nitrogens is 3. The maximum absolute atomic E-state index is 13.0. The van der Waals surface area contributed by atoms with E-state index in [9.17, 15) is 9.59 Å². The van der Waals surface area contributed by atoms with E-state index in [0.717, 1.165) is 40.8 Å². The predicted molar refractivity (Wildman–Crippen MR) is 165 cm³/mol. The van der Waals surface area contributed by atoms with Crippen molar-refractivity contribution in [3.05, 3.63) is 95.0 Å². The molecule has 1 aliphatic rings. The lowest BCUT2D eigenvalue weighted by molar-refractivity contribution is -0.133. The summed E-state index contributed by atoms with van der Waals surface area (Å²) in [6.07, 6.45) is 2.19. The number of hydrogen-bond acceptors (Lipinski definition) is 5. The molecule has 0 spiro atoms. The Hall–Kier alpha value is -3.62. The molecule has 0 radical (unpaired) electrons. The maximum Gasteiger partial charge on any atom is 0.254 e. The van der Waals surface area contributed by atoms with Gasteiger partial charge in [0.1, 0.15) is 0 Å². The molecular weight excluding hydrogens is 554 g/mol. The van der Waals surface area contributed by atoms with Crippen molar-refractivity contribution in [2.24, 2.45) is 0 Å². The van der Waals surface area contributed by atoms with Crippen molar-refractivity contribution in [3.63, 3.8) is 0 Å². The molecular formula is C32H34ClN5O2S. The van der Waals surface area contributed by atoms with Gasteiger partial charge in [0.25, 0.3) is 5.91 Å². The van der Waals surface area contributed by atoms with E-state index in [-0.39, 0.29) is 17.9 Å². The highest BCUT2D eigenvalue weighted by atomic mass is 35.5. The lowest BCUT2D eigenvalue weighted by Crippen LogP contribution is -2.55. The summed E-state index contributed by atoms with van der Waals surface area (Å²) < 4.78 is 2.10. The Balaban J connectivity index is 1.12. The number of unbranched alkanes of at least 4 members (excludes halogenated alkanes) is 1.